The minimum atomic E-state index is -1.01. The third-order valence-corrected chi connectivity index (χ3v) is 4.67. The second kappa shape index (κ2) is 5.35. The van der Waals surface area contributed by atoms with Gasteiger partial charge in [0.1, 0.15) is 12.1 Å². The van der Waals surface area contributed by atoms with E-state index in [1.54, 1.807) is 6.07 Å². The maximum Gasteiger partial charge on any atom is 0.325 e. The van der Waals surface area contributed by atoms with Gasteiger partial charge in [0.05, 0.1) is 9.72 Å². The summed E-state index contributed by atoms with van der Waals surface area (Å²) in [6, 6.07) is 5.54. The molecule has 0 saturated carbocycles. The standard InChI is InChI=1S/C10H6ClN5O2S2/c11-5-2-1-3-6-8(5)12-10(19-6)20-9-13-14-15-16(9)4-7(17)18/h1-3H,4H2,(H,17,18). The number of benzene rings is 1. The molecule has 1 aromatic carbocycles. The smallest absolute Gasteiger partial charge is 0.325 e. The fraction of sp³-hybridized carbons (Fsp3) is 0.100. The molecular formula is C10H6ClN5O2S2. The summed E-state index contributed by atoms with van der Waals surface area (Å²) in [6.07, 6.45) is 0. The van der Waals surface area contributed by atoms with Gasteiger partial charge in [-0.1, -0.05) is 17.7 Å². The fourth-order valence-corrected chi connectivity index (χ4v) is 3.75. The van der Waals surface area contributed by atoms with Gasteiger partial charge in [-0.05, 0) is 34.3 Å². The zero-order valence-corrected chi connectivity index (χ0v) is 12.1. The predicted molar refractivity (Wildman–Crippen MR) is 74.2 cm³/mol. The Balaban J connectivity index is 1.91. The van der Waals surface area contributed by atoms with Crippen LogP contribution < -0.4 is 0 Å². The molecule has 0 aliphatic rings. The average Bonchev–Trinajstić information content (AvgIpc) is 2.97. The first kappa shape index (κ1) is 13.3. The summed E-state index contributed by atoms with van der Waals surface area (Å²) >= 11 is 8.72. The van der Waals surface area contributed by atoms with Crippen LogP contribution in [0.5, 0.6) is 0 Å². The maximum atomic E-state index is 10.7. The van der Waals surface area contributed by atoms with Gasteiger partial charge < -0.3 is 5.11 Å². The number of carboxylic acid groups (broad SMARTS) is 1. The molecule has 2 heterocycles. The topological polar surface area (TPSA) is 93.8 Å². The molecule has 0 unspecified atom stereocenters. The van der Waals surface area contributed by atoms with E-state index in [2.05, 4.69) is 20.5 Å². The van der Waals surface area contributed by atoms with Crippen molar-refractivity contribution in [2.24, 2.45) is 0 Å². The lowest BCUT2D eigenvalue weighted by Gasteiger charge is -1.97. The van der Waals surface area contributed by atoms with Crippen molar-refractivity contribution in [3.8, 4) is 0 Å². The van der Waals surface area contributed by atoms with Crippen LogP contribution in [0.1, 0.15) is 0 Å². The van der Waals surface area contributed by atoms with E-state index >= 15 is 0 Å². The van der Waals surface area contributed by atoms with Crippen molar-refractivity contribution < 1.29 is 9.90 Å². The number of rotatable bonds is 4. The highest BCUT2D eigenvalue weighted by atomic mass is 35.5. The zero-order chi connectivity index (χ0) is 14.1. The number of nitrogens with zero attached hydrogens (tertiary/aromatic N) is 5. The number of thiazole rings is 1. The van der Waals surface area contributed by atoms with Gasteiger partial charge in [-0.2, -0.15) is 0 Å². The average molecular weight is 328 g/mol. The van der Waals surface area contributed by atoms with Gasteiger partial charge >= 0.3 is 5.97 Å². The Kier molecular flexibility index (Phi) is 3.55. The number of fused-ring (bicyclic) bond motifs is 1. The second-order valence-electron chi connectivity index (χ2n) is 3.68. The van der Waals surface area contributed by atoms with Crippen molar-refractivity contribution in [1.82, 2.24) is 25.2 Å². The molecule has 1 N–H and O–H groups in total. The Hall–Kier alpha value is -1.71. The molecule has 7 nitrogen and oxygen atoms in total. The molecule has 0 aliphatic heterocycles. The van der Waals surface area contributed by atoms with E-state index in [-0.39, 0.29) is 6.54 Å². The number of carboxylic acids is 1. The first-order valence-electron chi connectivity index (χ1n) is 5.34. The van der Waals surface area contributed by atoms with Crippen LogP contribution in [0, 0.1) is 0 Å². The van der Waals surface area contributed by atoms with E-state index in [0.717, 1.165) is 10.2 Å². The van der Waals surface area contributed by atoms with Crippen LogP contribution in [0.4, 0.5) is 0 Å². The summed E-state index contributed by atoms with van der Waals surface area (Å²) in [6.45, 7) is -0.291. The largest absolute Gasteiger partial charge is 0.480 e. The van der Waals surface area contributed by atoms with Gasteiger partial charge in [0.2, 0.25) is 5.16 Å². The number of hydrogen-bond donors (Lipinski definition) is 1. The van der Waals surface area contributed by atoms with Crippen molar-refractivity contribution >= 4 is 50.9 Å². The minimum absolute atomic E-state index is 0.291. The minimum Gasteiger partial charge on any atom is -0.480 e. The number of aliphatic carboxylic acids is 1. The van der Waals surface area contributed by atoms with Crippen molar-refractivity contribution in [3.63, 3.8) is 0 Å². The number of aromatic nitrogens is 5. The van der Waals surface area contributed by atoms with Gasteiger partial charge in [-0.25, -0.2) is 9.67 Å². The van der Waals surface area contributed by atoms with Crippen LogP contribution in [0.15, 0.2) is 27.7 Å². The van der Waals surface area contributed by atoms with E-state index < -0.39 is 5.97 Å². The summed E-state index contributed by atoms with van der Waals surface area (Å²) in [4.78, 5) is 15.1. The SMILES string of the molecule is O=C(O)Cn1nnnc1Sc1nc2c(Cl)cccc2s1. The molecule has 20 heavy (non-hydrogen) atoms. The summed E-state index contributed by atoms with van der Waals surface area (Å²) in [5.41, 5.74) is 0.721. The van der Waals surface area contributed by atoms with E-state index in [1.807, 2.05) is 12.1 Å². The Bertz CT molecular complexity index is 787. The predicted octanol–water partition coefficient (Wildman–Crippen LogP) is 2.17. The molecule has 0 atom stereocenters. The van der Waals surface area contributed by atoms with Gasteiger partial charge in [-0.3, -0.25) is 4.79 Å². The van der Waals surface area contributed by atoms with Gasteiger partial charge in [0.25, 0.3) is 0 Å². The number of para-hydroxylation sites is 1. The highest BCUT2D eigenvalue weighted by Gasteiger charge is 2.14. The van der Waals surface area contributed by atoms with Crippen LogP contribution in [-0.2, 0) is 11.3 Å². The lowest BCUT2D eigenvalue weighted by Crippen LogP contribution is -2.11. The lowest BCUT2D eigenvalue weighted by atomic mass is 10.3. The highest BCUT2D eigenvalue weighted by molar-refractivity contribution is 8.01. The second-order valence-corrected chi connectivity index (χ2v) is 6.33. The van der Waals surface area contributed by atoms with Gasteiger partial charge in [0, 0.05) is 0 Å². The molecule has 0 spiro atoms. The molecule has 0 radical (unpaired) electrons. The number of hydrogen-bond acceptors (Lipinski definition) is 7. The lowest BCUT2D eigenvalue weighted by molar-refractivity contribution is -0.138. The maximum absolute atomic E-state index is 10.7. The normalized spacial score (nSPS) is 11.1. The molecule has 2 aromatic heterocycles. The first-order chi connectivity index (χ1) is 9.63. The third kappa shape index (κ3) is 2.60. The highest BCUT2D eigenvalue weighted by Crippen LogP contribution is 2.35. The first-order valence-corrected chi connectivity index (χ1v) is 7.35. The Morgan fingerprint density at radius 3 is 3.10 bits per heavy atom. The molecular weight excluding hydrogens is 322 g/mol. The molecule has 0 amide bonds. The Labute approximate surface area is 125 Å². The third-order valence-electron chi connectivity index (χ3n) is 2.31. The van der Waals surface area contributed by atoms with E-state index in [1.165, 1.54) is 27.8 Å². The number of carbonyl (C=O) groups is 1. The summed E-state index contributed by atoms with van der Waals surface area (Å²) in [5, 5.41) is 20.6. The summed E-state index contributed by atoms with van der Waals surface area (Å²) < 4.78 is 2.87. The monoisotopic (exact) mass is 327 g/mol. The van der Waals surface area contributed by atoms with E-state index in [9.17, 15) is 4.79 Å². The fourth-order valence-electron chi connectivity index (χ4n) is 1.51. The van der Waals surface area contributed by atoms with Crippen LogP contribution >= 0.6 is 34.7 Å². The number of tetrazole rings is 1. The quantitative estimate of drug-likeness (QED) is 0.784. The molecule has 10 heteroatoms. The number of halogens is 1. The van der Waals surface area contributed by atoms with E-state index in [0.29, 0.717) is 14.5 Å². The molecule has 3 rings (SSSR count). The van der Waals surface area contributed by atoms with Gasteiger partial charge in [-0.15, -0.1) is 16.4 Å². The van der Waals surface area contributed by atoms with Crippen molar-refractivity contribution in [1.29, 1.82) is 0 Å². The Morgan fingerprint density at radius 1 is 1.50 bits per heavy atom. The molecule has 0 aliphatic carbocycles. The molecule has 0 saturated heterocycles. The van der Waals surface area contributed by atoms with Gasteiger partial charge in [0.15, 0.2) is 4.34 Å². The molecule has 0 bridgehead atoms. The molecule has 102 valence electrons. The summed E-state index contributed by atoms with van der Waals surface area (Å²) in [7, 11) is 0. The van der Waals surface area contributed by atoms with Crippen molar-refractivity contribution in [2.45, 2.75) is 16.0 Å². The van der Waals surface area contributed by atoms with Crippen LogP contribution in [0.2, 0.25) is 5.02 Å². The van der Waals surface area contributed by atoms with Crippen LogP contribution in [0.3, 0.4) is 0 Å². The van der Waals surface area contributed by atoms with E-state index in [4.69, 9.17) is 16.7 Å². The zero-order valence-electron chi connectivity index (χ0n) is 9.73. The summed E-state index contributed by atoms with van der Waals surface area (Å²) in [5.74, 6) is -1.01. The Morgan fingerprint density at radius 2 is 2.35 bits per heavy atom. The van der Waals surface area contributed by atoms with Crippen LogP contribution in [-0.4, -0.2) is 36.3 Å². The van der Waals surface area contributed by atoms with Crippen LogP contribution in [0.25, 0.3) is 10.2 Å². The van der Waals surface area contributed by atoms with Crippen molar-refractivity contribution in [3.05, 3.63) is 23.2 Å². The molecule has 0 fully saturated rings. The molecule has 3 aromatic rings. The van der Waals surface area contributed by atoms with Crippen molar-refractivity contribution in [2.75, 3.05) is 0 Å².